The molecule has 0 spiro atoms. The highest BCUT2D eigenvalue weighted by atomic mass is 32.1. The minimum Gasteiger partial charge on any atom is -0.497 e. The van der Waals surface area contributed by atoms with Crippen molar-refractivity contribution in [1.82, 2.24) is 9.88 Å². The van der Waals surface area contributed by atoms with E-state index in [9.17, 15) is 9.18 Å². The lowest BCUT2D eigenvalue weighted by Crippen LogP contribution is -2.40. The Bertz CT molecular complexity index is 1130. The number of ether oxygens (including phenoxy) is 2. The van der Waals surface area contributed by atoms with Crippen molar-refractivity contribution >= 4 is 33.9 Å². The van der Waals surface area contributed by atoms with Gasteiger partial charge in [0.1, 0.15) is 11.6 Å². The van der Waals surface area contributed by atoms with E-state index in [0.29, 0.717) is 29.5 Å². The van der Waals surface area contributed by atoms with Gasteiger partial charge in [-0.2, -0.15) is 0 Å². The van der Waals surface area contributed by atoms with E-state index in [1.165, 1.54) is 12.1 Å². The third kappa shape index (κ3) is 5.21. The fraction of sp³-hybridized carbons (Fsp3) is 0.304. The molecule has 0 radical (unpaired) electrons. The number of hydrogen-bond acceptors (Lipinski definition) is 4. The molecule has 8 heteroatoms. The Hall–Kier alpha value is -2.97. The van der Waals surface area contributed by atoms with Crippen LogP contribution < -0.4 is 15.6 Å². The molecule has 0 unspecified atom stereocenters. The molecule has 0 amide bonds. The van der Waals surface area contributed by atoms with Gasteiger partial charge in [0.15, 0.2) is 5.11 Å². The van der Waals surface area contributed by atoms with Gasteiger partial charge in [-0.3, -0.25) is 4.79 Å². The summed E-state index contributed by atoms with van der Waals surface area (Å²) in [6.07, 6.45) is 2.00. The van der Waals surface area contributed by atoms with Crippen molar-refractivity contribution in [2.24, 2.45) is 0 Å². The van der Waals surface area contributed by atoms with E-state index in [1.54, 1.807) is 19.2 Å². The normalized spacial score (nSPS) is 15.7. The quantitative estimate of drug-likeness (QED) is 0.563. The summed E-state index contributed by atoms with van der Waals surface area (Å²) < 4.78 is 24.3. The highest BCUT2D eigenvalue weighted by molar-refractivity contribution is 7.80. The molecule has 0 bridgehead atoms. The van der Waals surface area contributed by atoms with Crippen LogP contribution in [0.2, 0.25) is 0 Å². The maximum atomic E-state index is 13.2. The van der Waals surface area contributed by atoms with E-state index < -0.39 is 0 Å². The van der Waals surface area contributed by atoms with Gasteiger partial charge in [0.2, 0.25) is 0 Å². The minimum atomic E-state index is -0.314. The van der Waals surface area contributed by atoms with Crippen molar-refractivity contribution < 1.29 is 13.9 Å². The number of nitrogens with zero attached hydrogens (tertiary/aromatic N) is 1. The number of methoxy groups -OCH3 is 1. The third-order valence-corrected chi connectivity index (χ3v) is 5.68. The van der Waals surface area contributed by atoms with Crippen LogP contribution in [0, 0.1) is 5.82 Å². The molecule has 2 N–H and O–H groups in total. The van der Waals surface area contributed by atoms with Gasteiger partial charge in [-0.05, 0) is 73.6 Å². The van der Waals surface area contributed by atoms with E-state index in [1.807, 2.05) is 29.2 Å². The van der Waals surface area contributed by atoms with Gasteiger partial charge >= 0.3 is 0 Å². The number of fused-ring (bicyclic) bond motifs is 1. The average molecular weight is 442 g/mol. The smallest absolute Gasteiger partial charge is 0.253 e. The number of benzene rings is 2. The summed E-state index contributed by atoms with van der Waals surface area (Å²) >= 11 is 5.64. The third-order valence-electron chi connectivity index (χ3n) is 5.32. The molecule has 2 heterocycles. The summed E-state index contributed by atoms with van der Waals surface area (Å²) in [5.41, 5.74) is 1.84. The fourth-order valence-electron chi connectivity index (χ4n) is 3.67. The van der Waals surface area contributed by atoms with Gasteiger partial charge in [-0.15, -0.1) is 0 Å². The molecule has 4 rings (SSSR count). The maximum absolute atomic E-state index is 13.2. The summed E-state index contributed by atoms with van der Waals surface area (Å²) in [7, 11) is 1.61. The molecule has 0 saturated carbocycles. The van der Waals surface area contributed by atoms with Crippen LogP contribution in [-0.2, 0) is 11.3 Å². The Morgan fingerprint density at radius 2 is 2.10 bits per heavy atom. The van der Waals surface area contributed by atoms with Crippen LogP contribution in [0.25, 0.3) is 10.9 Å². The number of halogens is 1. The molecule has 1 saturated heterocycles. The van der Waals surface area contributed by atoms with Crippen molar-refractivity contribution in [1.29, 1.82) is 0 Å². The summed E-state index contributed by atoms with van der Waals surface area (Å²) in [4.78, 5) is 17.6. The zero-order valence-corrected chi connectivity index (χ0v) is 18.0. The molecule has 2 aromatic carbocycles. The lowest BCUT2D eigenvalue weighted by Gasteiger charge is -2.28. The van der Waals surface area contributed by atoms with Gasteiger partial charge in [0.25, 0.3) is 5.56 Å². The molecule has 31 heavy (non-hydrogen) atoms. The molecule has 1 aliphatic rings. The standard InChI is InChI=1S/C23H24FN3O3S/c1-29-19-8-9-21-15(12-19)11-16(22(28)26-21)13-27(14-20-3-2-10-30-20)23(31)25-18-6-4-17(24)5-7-18/h4-9,11-12,20H,2-3,10,13-14H2,1H3,(H,25,31)(H,26,28)/t20-/m0/s1. The van der Waals surface area contributed by atoms with E-state index in [-0.39, 0.29) is 17.5 Å². The second kappa shape index (κ2) is 9.45. The molecule has 1 aromatic heterocycles. The number of aromatic amines is 1. The highest BCUT2D eigenvalue weighted by Gasteiger charge is 2.22. The first kappa shape index (κ1) is 21.3. The van der Waals surface area contributed by atoms with Crippen molar-refractivity contribution in [3.63, 3.8) is 0 Å². The predicted octanol–water partition coefficient (Wildman–Crippen LogP) is 4.05. The van der Waals surface area contributed by atoms with E-state index in [0.717, 1.165) is 36.1 Å². The Morgan fingerprint density at radius 3 is 2.81 bits per heavy atom. The predicted molar refractivity (Wildman–Crippen MR) is 123 cm³/mol. The van der Waals surface area contributed by atoms with Crippen molar-refractivity contribution in [3.05, 3.63) is 70.3 Å². The van der Waals surface area contributed by atoms with Crippen molar-refractivity contribution in [2.75, 3.05) is 25.6 Å². The first-order valence-corrected chi connectivity index (χ1v) is 10.6. The molecule has 1 atom stereocenters. The number of hydrogen-bond donors (Lipinski definition) is 2. The van der Waals surface area contributed by atoms with Crippen LogP contribution in [0.15, 0.2) is 53.3 Å². The molecule has 6 nitrogen and oxygen atoms in total. The maximum Gasteiger partial charge on any atom is 0.253 e. The molecule has 1 fully saturated rings. The van der Waals surface area contributed by atoms with Gasteiger partial charge in [-0.25, -0.2) is 4.39 Å². The monoisotopic (exact) mass is 441 g/mol. The topological polar surface area (TPSA) is 66.6 Å². The number of H-pyrrole nitrogens is 1. The molecular weight excluding hydrogens is 417 g/mol. The first-order valence-electron chi connectivity index (χ1n) is 10.1. The Labute approximate surface area is 185 Å². The zero-order valence-electron chi connectivity index (χ0n) is 17.2. The molecule has 0 aliphatic carbocycles. The van der Waals surface area contributed by atoms with Gasteiger partial charge in [0, 0.05) is 35.3 Å². The summed E-state index contributed by atoms with van der Waals surface area (Å²) in [5.74, 6) is 0.404. The number of pyridine rings is 1. The lowest BCUT2D eigenvalue weighted by atomic mass is 10.1. The van der Waals surface area contributed by atoms with Crippen molar-refractivity contribution in [2.45, 2.75) is 25.5 Å². The molecule has 1 aliphatic heterocycles. The minimum absolute atomic E-state index is 0.0487. The van der Waals surface area contributed by atoms with Crippen LogP contribution in [0.5, 0.6) is 5.75 Å². The molecule has 3 aromatic rings. The SMILES string of the molecule is COc1ccc2[nH]c(=O)c(CN(C[C@@H]3CCCO3)C(=S)Nc3ccc(F)cc3)cc2c1. The second-order valence-corrected chi connectivity index (χ2v) is 7.92. The Kier molecular flexibility index (Phi) is 6.48. The zero-order chi connectivity index (χ0) is 21.8. The number of aromatic nitrogens is 1. The fourth-order valence-corrected chi connectivity index (χ4v) is 3.93. The average Bonchev–Trinajstić information content (AvgIpc) is 3.28. The van der Waals surface area contributed by atoms with Crippen molar-refractivity contribution in [3.8, 4) is 5.75 Å². The van der Waals surface area contributed by atoms with Crippen LogP contribution in [-0.4, -0.2) is 41.4 Å². The van der Waals surface area contributed by atoms with Crippen LogP contribution in [0.1, 0.15) is 18.4 Å². The Balaban J connectivity index is 1.60. The largest absolute Gasteiger partial charge is 0.497 e. The van der Waals surface area contributed by atoms with E-state index in [4.69, 9.17) is 21.7 Å². The van der Waals surface area contributed by atoms with Crippen LogP contribution >= 0.6 is 12.2 Å². The number of nitrogens with one attached hydrogen (secondary N) is 2. The molecule has 162 valence electrons. The van der Waals surface area contributed by atoms with E-state index >= 15 is 0 Å². The first-order chi connectivity index (χ1) is 15.0. The van der Waals surface area contributed by atoms with Gasteiger partial charge in [-0.1, -0.05) is 0 Å². The summed E-state index contributed by atoms with van der Waals surface area (Å²) in [5, 5.41) is 4.47. The van der Waals surface area contributed by atoms with Crippen LogP contribution in [0.3, 0.4) is 0 Å². The van der Waals surface area contributed by atoms with E-state index in [2.05, 4.69) is 10.3 Å². The highest BCUT2D eigenvalue weighted by Crippen LogP contribution is 2.21. The van der Waals surface area contributed by atoms with Gasteiger partial charge < -0.3 is 24.7 Å². The summed E-state index contributed by atoms with van der Waals surface area (Å²) in [6.45, 7) is 1.60. The number of thiocarbonyl (C=S) groups is 1. The second-order valence-electron chi connectivity index (χ2n) is 7.53. The Morgan fingerprint density at radius 1 is 1.29 bits per heavy atom. The molecular formula is C23H24FN3O3S. The van der Waals surface area contributed by atoms with Crippen LogP contribution in [0.4, 0.5) is 10.1 Å². The van der Waals surface area contributed by atoms with Gasteiger partial charge in [0.05, 0.1) is 19.8 Å². The number of anilines is 1. The summed E-state index contributed by atoms with van der Waals surface area (Å²) in [6, 6.07) is 13.4. The lowest BCUT2D eigenvalue weighted by molar-refractivity contribution is 0.0904. The number of rotatable bonds is 6.